The summed E-state index contributed by atoms with van der Waals surface area (Å²) in [5.41, 5.74) is 7.26. The van der Waals surface area contributed by atoms with Gasteiger partial charge in [-0.2, -0.15) is 0 Å². The second-order valence-electron chi connectivity index (χ2n) is 3.47. The van der Waals surface area contributed by atoms with Crippen LogP contribution in [-0.2, 0) is 15.2 Å². The second-order valence-corrected chi connectivity index (χ2v) is 4.70. The van der Waals surface area contributed by atoms with Crippen molar-refractivity contribution in [1.82, 2.24) is 0 Å². The summed E-state index contributed by atoms with van der Waals surface area (Å²) in [4.78, 5) is 0. The monoisotopic (exact) mass is 241 g/mol. The molecule has 1 aromatic carbocycles. The third kappa shape index (κ3) is 4.99. The van der Waals surface area contributed by atoms with Crippen LogP contribution in [-0.4, -0.2) is 25.9 Å². The van der Waals surface area contributed by atoms with Crippen molar-refractivity contribution in [3.05, 3.63) is 35.9 Å². The van der Waals surface area contributed by atoms with Gasteiger partial charge in [0.1, 0.15) is 0 Å². The molecular formula is C12H19NO2S. The van der Waals surface area contributed by atoms with Crippen LogP contribution in [0.5, 0.6) is 0 Å². The molecule has 3 nitrogen and oxygen atoms in total. The lowest BCUT2D eigenvalue weighted by molar-refractivity contribution is -0.105. The Morgan fingerprint density at radius 2 is 1.81 bits per heavy atom. The van der Waals surface area contributed by atoms with Crippen molar-refractivity contribution >= 4 is 11.8 Å². The molecule has 90 valence electrons. The number of benzene rings is 1. The van der Waals surface area contributed by atoms with E-state index in [9.17, 15) is 0 Å². The van der Waals surface area contributed by atoms with Crippen LogP contribution in [0.3, 0.4) is 0 Å². The Kier molecular flexibility index (Phi) is 6.49. The average molecular weight is 241 g/mol. The van der Waals surface area contributed by atoms with E-state index in [0.717, 1.165) is 5.75 Å². The number of hydrogen-bond donors (Lipinski definition) is 1. The Balaban J connectivity index is 2.27. The van der Waals surface area contributed by atoms with Gasteiger partial charge in [0, 0.05) is 26.4 Å². The number of thioether (sulfide) groups is 1. The number of hydrogen-bond acceptors (Lipinski definition) is 4. The van der Waals surface area contributed by atoms with Crippen LogP contribution in [0.15, 0.2) is 30.3 Å². The van der Waals surface area contributed by atoms with Gasteiger partial charge in [-0.15, -0.1) is 11.8 Å². The zero-order valence-electron chi connectivity index (χ0n) is 9.76. The van der Waals surface area contributed by atoms with E-state index >= 15 is 0 Å². The van der Waals surface area contributed by atoms with Gasteiger partial charge in [0.2, 0.25) is 0 Å². The summed E-state index contributed by atoms with van der Waals surface area (Å²) in [6, 6.07) is 10.3. The zero-order valence-corrected chi connectivity index (χ0v) is 10.6. The fraction of sp³-hybridized carbons (Fsp3) is 0.500. The minimum absolute atomic E-state index is 0.0325. The van der Waals surface area contributed by atoms with Crippen LogP contribution < -0.4 is 5.73 Å². The van der Waals surface area contributed by atoms with Crippen molar-refractivity contribution in [3.63, 3.8) is 0 Å². The lowest BCUT2D eigenvalue weighted by atomic mass is 10.2. The van der Waals surface area contributed by atoms with Crippen LogP contribution >= 0.6 is 11.8 Å². The first-order valence-corrected chi connectivity index (χ1v) is 6.28. The number of rotatable bonds is 7. The van der Waals surface area contributed by atoms with E-state index in [0.29, 0.717) is 6.42 Å². The summed E-state index contributed by atoms with van der Waals surface area (Å²) < 4.78 is 10.2. The Labute approximate surface area is 101 Å². The van der Waals surface area contributed by atoms with Gasteiger partial charge in [-0.1, -0.05) is 30.3 Å². The summed E-state index contributed by atoms with van der Waals surface area (Å²) >= 11 is 1.71. The van der Waals surface area contributed by atoms with Gasteiger partial charge in [0.25, 0.3) is 0 Å². The van der Waals surface area contributed by atoms with E-state index in [4.69, 9.17) is 15.2 Å². The zero-order chi connectivity index (χ0) is 11.8. The maximum absolute atomic E-state index is 5.98. The van der Waals surface area contributed by atoms with Crippen molar-refractivity contribution in [1.29, 1.82) is 0 Å². The molecule has 0 aromatic heterocycles. The summed E-state index contributed by atoms with van der Waals surface area (Å²) in [6.07, 6.45) is 0.489. The van der Waals surface area contributed by atoms with Crippen LogP contribution in [0.25, 0.3) is 0 Å². The molecule has 0 saturated heterocycles. The first-order chi connectivity index (χ1) is 7.76. The fourth-order valence-corrected chi connectivity index (χ4v) is 2.22. The van der Waals surface area contributed by atoms with Crippen molar-refractivity contribution < 1.29 is 9.47 Å². The molecule has 16 heavy (non-hydrogen) atoms. The third-order valence-corrected chi connectivity index (χ3v) is 3.38. The molecule has 0 radical (unpaired) electrons. The van der Waals surface area contributed by atoms with Gasteiger partial charge in [0.15, 0.2) is 6.29 Å². The van der Waals surface area contributed by atoms with E-state index in [1.54, 1.807) is 26.0 Å². The van der Waals surface area contributed by atoms with Crippen molar-refractivity contribution in [2.75, 3.05) is 14.2 Å². The van der Waals surface area contributed by atoms with E-state index in [1.165, 1.54) is 5.56 Å². The second kappa shape index (κ2) is 7.68. The third-order valence-electron chi connectivity index (χ3n) is 2.26. The quantitative estimate of drug-likeness (QED) is 0.743. The molecule has 1 unspecified atom stereocenters. The van der Waals surface area contributed by atoms with Crippen LogP contribution in [0.2, 0.25) is 0 Å². The van der Waals surface area contributed by atoms with E-state index in [-0.39, 0.29) is 11.7 Å². The average Bonchev–Trinajstić information content (AvgIpc) is 2.34. The number of ether oxygens (including phenoxy) is 2. The van der Waals surface area contributed by atoms with Gasteiger partial charge in [-0.25, -0.2) is 0 Å². The predicted octanol–water partition coefficient (Wildman–Crippen LogP) is 2.21. The van der Waals surface area contributed by atoms with Gasteiger partial charge < -0.3 is 15.2 Å². The van der Waals surface area contributed by atoms with Crippen molar-refractivity contribution in [2.45, 2.75) is 23.8 Å². The van der Waals surface area contributed by atoms with E-state index < -0.39 is 0 Å². The van der Waals surface area contributed by atoms with Gasteiger partial charge in [-0.05, 0) is 5.56 Å². The molecule has 0 fully saturated rings. The van der Waals surface area contributed by atoms with Crippen LogP contribution in [0, 0.1) is 0 Å². The molecule has 1 atom stereocenters. The highest BCUT2D eigenvalue weighted by atomic mass is 32.2. The molecule has 0 heterocycles. The first kappa shape index (κ1) is 13.5. The maximum atomic E-state index is 5.98. The molecule has 1 rings (SSSR count). The molecule has 0 aliphatic rings. The van der Waals surface area contributed by atoms with Gasteiger partial charge in [0.05, 0.1) is 5.37 Å². The van der Waals surface area contributed by atoms with Crippen LogP contribution in [0.4, 0.5) is 0 Å². The molecule has 2 N–H and O–H groups in total. The van der Waals surface area contributed by atoms with Gasteiger partial charge in [-0.3, -0.25) is 0 Å². The SMILES string of the molecule is COC(CC(N)SCc1ccccc1)OC. The summed E-state index contributed by atoms with van der Waals surface area (Å²) in [6.45, 7) is 0. The largest absolute Gasteiger partial charge is 0.356 e. The Bertz CT molecular complexity index is 278. The summed E-state index contributed by atoms with van der Waals surface area (Å²) in [5.74, 6) is 0.919. The maximum Gasteiger partial charge on any atom is 0.159 e. The Hall–Kier alpha value is -0.550. The standard InChI is InChI=1S/C12H19NO2S/c1-14-12(15-2)8-11(13)16-9-10-6-4-3-5-7-10/h3-7,11-12H,8-9,13H2,1-2H3. The molecule has 0 bridgehead atoms. The fourth-order valence-electron chi connectivity index (χ4n) is 1.32. The number of methoxy groups -OCH3 is 2. The molecule has 4 heteroatoms. The molecule has 0 amide bonds. The topological polar surface area (TPSA) is 44.5 Å². The molecule has 0 spiro atoms. The normalized spacial score (nSPS) is 13.0. The molecule has 0 aliphatic heterocycles. The van der Waals surface area contributed by atoms with E-state index in [2.05, 4.69) is 12.1 Å². The number of nitrogens with two attached hydrogens (primary N) is 1. The van der Waals surface area contributed by atoms with Crippen molar-refractivity contribution in [3.8, 4) is 0 Å². The summed E-state index contributed by atoms with van der Waals surface area (Å²) in [7, 11) is 3.26. The van der Waals surface area contributed by atoms with Gasteiger partial charge >= 0.3 is 0 Å². The highest BCUT2D eigenvalue weighted by Gasteiger charge is 2.12. The molecular weight excluding hydrogens is 222 g/mol. The molecule has 1 aromatic rings. The lowest BCUT2D eigenvalue weighted by Crippen LogP contribution is -2.25. The molecule has 0 aliphatic carbocycles. The smallest absolute Gasteiger partial charge is 0.159 e. The molecule has 0 saturated carbocycles. The Morgan fingerprint density at radius 1 is 1.19 bits per heavy atom. The highest BCUT2D eigenvalue weighted by Crippen LogP contribution is 2.18. The predicted molar refractivity (Wildman–Crippen MR) is 68.1 cm³/mol. The minimum atomic E-state index is -0.210. The Morgan fingerprint density at radius 3 is 2.38 bits per heavy atom. The lowest BCUT2D eigenvalue weighted by Gasteiger charge is -2.17. The minimum Gasteiger partial charge on any atom is -0.356 e. The van der Waals surface area contributed by atoms with Crippen molar-refractivity contribution in [2.24, 2.45) is 5.73 Å². The summed E-state index contributed by atoms with van der Waals surface area (Å²) in [5, 5.41) is 0.0325. The van der Waals surface area contributed by atoms with E-state index in [1.807, 2.05) is 18.2 Å². The first-order valence-electron chi connectivity index (χ1n) is 5.23. The van der Waals surface area contributed by atoms with Crippen LogP contribution in [0.1, 0.15) is 12.0 Å². The highest BCUT2D eigenvalue weighted by molar-refractivity contribution is 7.99.